The van der Waals surface area contributed by atoms with Crippen molar-refractivity contribution in [3.05, 3.63) is 46.6 Å². The molecular formula is C24H29Cl2F5N4O3S. The third-order valence-corrected chi connectivity index (χ3v) is 9.63. The van der Waals surface area contributed by atoms with Crippen LogP contribution in [-0.4, -0.2) is 70.8 Å². The highest BCUT2D eigenvalue weighted by molar-refractivity contribution is 7.89. The molecule has 0 radical (unpaired) electrons. The van der Waals surface area contributed by atoms with E-state index in [4.69, 9.17) is 11.6 Å². The standard InChI is InChI=1S/C24H28ClF5N4O3S.ClH/c1-32-11-5-21(31-32)38(36,37)34-14-12-33(13-15-34)22(7-9-23(26,27)10-8-22)6-4-20(35)18-3-2-17(16-19(18)25)24(28,29)30;/h2-3,5,11,16H,4,6-10,12-15H2,1H3;1H. The Kier molecular flexibility index (Phi) is 9.43. The van der Waals surface area contributed by atoms with Gasteiger partial charge < -0.3 is 0 Å². The molecule has 0 spiro atoms. The van der Waals surface area contributed by atoms with Crippen LogP contribution in [0.1, 0.15) is 54.4 Å². The zero-order valence-electron chi connectivity index (χ0n) is 21.1. The molecule has 1 saturated carbocycles. The van der Waals surface area contributed by atoms with Gasteiger partial charge in [0.15, 0.2) is 10.8 Å². The molecule has 0 bridgehead atoms. The maximum absolute atomic E-state index is 14.1. The molecule has 2 aromatic rings. The minimum Gasteiger partial charge on any atom is -0.295 e. The van der Waals surface area contributed by atoms with E-state index < -0.39 is 39.0 Å². The third kappa shape index (κ3) is 6.92. The summed E-state index contributed by atoms with van der Waals surface area (Å²) in [7, 11) is -2.20. The highest BCUT2D eigenvalue weighted by Crippen LogP contribution is 2.45. The molecule has 39 heavy (non-hydrogen) atoms. The lowest BCUT2D eigenvalue weighted by Crippen LogP contribution is -2.59. The van der Waals surface area contributed by atoms with Crippen molar-refractivity contribution in [2.75, 3.05) is 26.2 Å². The SMILES string of the molecule is Cl.Cn1ccc(S(=O)(=O)N2CCN(C3(CCC(=O)c4ccc(C(F)(F)F)cc4Cl)CCC(F)(F)CC3)CC2)n1. The number of Topliss-reactive ketones (excluding diaryl/α,β-unsaturated/α-hetero) is 1. The molecule has 4 rings (SSSR count). The van der Waals surface area contributed by atoms with Crippen molar-refractivity contribution in [3.63, 3.8) is 0 Å². The zero-order chi connectivity index (χ0) is 27.9. The van der Waals surface area contributed by atoms with E-state index in [1.807, 2.05) is 4.90 Å². The highest BCUT2D eigenvalue weighted by atomic mass is 35.5. The van der Waals surface area contributed by atoms with Crippen LogP contribution < -0.4 is 0 Å². The van der Waals surface area contributed by atoms with Crippen LogP contribution in [-0.2, 0) is 23.2 Å². The van der Waals surface area contributed by atoms with E-state index in [0.29, 0.717) is 6.07 Å². The number of ketones is 1. The minimum absolute atomic E-state index is 0. The van der Waals surface area contributed by atoms with Gasteiger partial charge in [0.1, 0.15) is 0 Å². The van der Waals surface area contributed by atoms with E-state index in [0.717, 1.165) is 12.1 Å². The van der Waals surface area contributed by atoms with Gasteiger partial charge in [-0.25, -0.2) is 17.2 Å². The van der Waals surface area contributed by atoms with E-state index in [2.05, 4.69) is 5.10 Å². The van der Waals surface area contributed by atoms with Gasteiger partial charge >= 0.3 is 6.18 Å². The van der Waals surface area contributed by atoms with E-state index >= 15 is 0 Å². The van der Waals surface area contributed by atoms with E-state index in [1.54, 1.807) is 7.05 Å². The number of aromatic nitrogens is 2. The molecule has 1 aliphatic heterocycles. The van der Waals surface area contributed by atoms with Crippen LogP contribution in [0.15, 0.2) is 35.5 Å². The Hall–Kier alpha value is -1.80. The Morgan fingerprint density at radius 3 is 2.18 bits per heavy atom. The molecule has 1 saturated heterocycles. The molecule has 0 amide bonds. The lowest BCUT2D eigenvalue weighted by Gasteiger charge is -2.50. The molecule has 0 N–H and O–H groups in total. The van der Waals surface area contributed by atoms with Crippen LogP contribution in [0.4, 0.5) is 22.0 Å². The Labute approximate surface area is 234 Å². The second kappa shape index (κ2) is 11.6. The fraction of sp³-hybridized carbons (Fsp3) is 0.583. The first-order valence-corrected chi connectivity index (χ1v) is 14.0. The number of hydrogen-bond acceptors (Lipinski definition) is 5. The van der Waals surface area contributed by atoms with Crippen molar-refractivity contribution in [2.45, 2.75) is 61.2 Å². The van der Waals surface area contributed by atoms with Crippen molar-refractivity contribution in [1.29, 1.82) is 0 Å². The van der Waals surface area contributed by atoms with E-state index in [9.17, 15) is 35.2 Å². The third-order valence-electron chi connectivity index (χ3n) is 7.53. The van der Waals surface area contributed by atoms with Gasteiger partial charge in [0, 0.05) is 69.8 Å². The smallest absolute Gasteiger partial charge is 0.295 e. The van der Waals surface area contributed by atoms with Crippen LogP contribution in [0, 0.1) is 0 Å². The van der Waals surface area contributed by atoms with E-state index in [1.165, 1.54) is 21.3 Å². The molecular weight excluding hydrogens is 590 g/mol. The minimum atomic E-state index is -4.60. The first-order chi connectivity index (χ1) is 17.6. The summed E-state index contributed by atoms with van der Waals surface area (Å²) in [4.78, 5) is 14.9. The van der Waals surface area contributed by atoms with Crippen molar-refractivity contribution >= 4 is 39.8 Å². The second-order valence-electron chi connectivity index (χ2n) is 9.91. The average molecular weight is 619 g/mol. The number of carbonyl (C=O) groups excluding carboxylic acids is 1. The Morgan fingerprint density at radius 2 is 1.67 bits per heavy atom. The molecule has 0 unspecified atom stereocenters. The monoisotopic (exact) mass is 618 g/mol. The van der Waals surface area contributed by atoms with Crippen molar-refractivity contribution in [2.24, 2.45) is 7.05 Å². The molecule has 0 atom stereocenters. The van der Waals surface area contributed by atoms with Gasteiger partial charge in [-0.05, 0) is 43.5 Å². The van der Waals surface area contributed by atoms with Crippen LogP contribution in [0.3, 0.4) is 0 Å². The normalized spacial score (nSPS) is 20.4. The maximum Gasteiger partial charge on any atom is 0.416 e. The quantitative estimate of drug-likeness (QED) is 0.305. The Morgan fingerprint density at radius 1 is 1.05 bits per heavy atom. The number of sulfonamides is 1. The van der Waals surface area contributed by atoms with Gasteiger partial charge in [0.05, 0.1) is 10.6 Å². The van der Waals surface area contributed by atoms with Gasteiger partial charge in [0.25, 0.3) is 10.0 Å². The number of hydrogen-bond donors (Lipinski definition) is 0. The maximum atomic E-state index is 14.1. The highest BCUT2D eigenvalue weighted by Gasteiger charge is 2.47. The van der Waals surface area contributed by atoms with Crippen LogP contribution >= 0.6 is 24.0 Å². The summed E-state index contributed by atoms with van der Waals surface area (Å²) in [5.41, 5.74) is -1.79. The lowest BCUT2D eigenvalue weighted by molar-refractivity contribution is -0.137. The summed E-state index contributed by atoms with van der Waals surface area (Å²) in [5, 5.41) is 3.59. The topological polar surface area (TPSA) is 75.5 Å². The Bertz CT molecular complexity index is 1280. The molecule has 15 heteroatoms. The number of alkyl halides is 5. The first-order valence-electron chi connectivity index (χ1n) is 12.2. The van der Waals surface area contributed by atoms with Gasteiger partial charge in [0.2, 0.25) is 5.92 Å². The first kappa shape index (κ1) is 31.7. The average Bonchev–Trinajstić information content (AvgIpc) is 3.30. The van der Waals surface area contributed by atoms with Gasteiger partial charge in [-0.1, -0.05) is 11.6 Å². The number of carbonyl (C=O) groups is 1. The molecule has 2 fully saturated rings. The van der Waals surface area contributed by atoms with Gasteiger partial charge in [-0.3, -0.25) is 14.4 Å². The fourth-order valence-electron chi connectivity index (χ4n) is 5.27. The fourth-order valence-corrected chi connectivity index (χ4v) is 6.93. The molecule has 2 aliphatic rings. The summed E-state index contributed by atoms with van der Waals surface area (Å²) in [6.07, 6.45) is -3.48. The molecule has 7 nitrogen and oxygen atoms in total. The van der Waals surface area contributed by atoms with Gasteiger partial charge in [-0.15, -0.1) is 12.4 Å². The number of benzene rings is 1. The van der Waals surface area contributed by atoms with Crippen LogP contribution in [0.25, 0.3) is 0 Å². The van der Waals surface area contributed by atoms with Crippen LogP contribution in [0.5, 0.6) is 0 Å². The van der Waals surface area contributed by atoms with Crippen molar-refractivity contribution in [3.8, 4) is 0 Å². The second-order valence-corrected chi connectivity index (χ2v) is 12.2. The summed E-state index contributed by atoms with van der Waals surface area (Å²) < 4.78 is 95.6. The lowest BCUT2D eigenvalue weighted by atomic mass is 9.74. The Balaban J connectivity index is 0.00000420. The van der Waals surface area contributed by atoms with Crippen LogP contribution in [0.2, 0.25) is 5.02 Å². The number of nitrogens with zero attached hydrogens (tertiary/aromatic N) is 4. The van der Waals surface area contributed by atoms with Crippen molar-refractivity contribution < 1.29 is 35.2 Å². The zero-order valence-corrected chi connectivity index (χ0v) is 23.4. The summed E-state index contributed by atoms with van der Waals surface area (Å²) in [6.45, 7) is 0.838. The molecule has 1 aromatic heterocycles. The predicted octanol–water partition coefficient (Wildman–Crippen LogP) is 5.43. The molecule has 1 aliphatic carbocycles. The number of piperazine rings is 1. The summed E-state index contributed by atoms with van der Waals surface area (Å²) >= 11 is 5.98. The largest absolute Gasteiger partial charge is 0.416 e. The summed E-state index contributed by atoms with van der Waals surface area (Å²) in [5.74, 6) is -3.30. The van der Waals surface area contributed by atoms with Crippen molar-refractivity contribution in [1.82, 2.24) is 19.0 Å². The molecule has 2 heterocycles. The number of aryl methyl sites for hydroxylation is 1. The van der Waals surface area contributed by atoms with E-state index in [-0.39, 0.29) is 92.7 Å². The molecule has 1 aromatic carbocycles. The summed E-state index contributed by atoms with van der Waals surface area (Å²) in [6, 6.07) is 3.94. The van der Waals surface area contributed by atoms with Gasteiger partial charge in [-0.2, -0.15) is 22.6 Å². The number of halogens is 7. The number of rotatable bonds is 7. The predicted molar refractivity (Wildman–Crippen MR) is 137 cm³/mol. The molecule has 218 valence electrons.